The number of rotatable bonds is 11. The van der Waals surface area contributed by atoms with Crippen LogP contribution in [0.15, 0.2) is 35.3 Å². The van der Waals surface area contributed by atoms with Gasteiger partial charge in [0.1, 0.15) is 24.0 Å². The number of carbonyl (C=O) groups excluding carboxylic acids is 4. The second-order valence-electron chi connectivity index (χ2n) is 9.78. The molecule has 1 aromatic carbocycles. The summed E-state index contributed by atoms with van der Waals surface area (Å²) in [5.74, 6) is -0.819. The first-order valence-corrected chi connectivity index (χ1v) is 12.1. The zero-order valence-corrected chi connectivity index (χ0v) is 21.2. The maximum atomic E-state index is 13.6. The number of nitrogens with zero attached hydrogens (tertiary/aromatic N) is 2. The second kappa shape index (κ2) is 13.5. The van der Waals surface area contributed by atoms with Crippen LogP contribution < -0.4 is 22.1 Å². The number of aldehydes is 1. The molecule has 0 saturated carbocycles. The van der Waals surface area contributed by atoms with Gasteiger partial charge in [-0.25, -0.2) is 4.79 Å². The number of ether oxygens (including phenoxy) is 1. The van der Waals surface area contributed by atoms with Crippen molar-refractivity contribution < 1.29 is 23.9 Å². The van der Waals surface area contributed by atoms with Crippen LogP contribution in [-0.2, 0) is 25.5 Å². The number of carbonyl (C=O) groups is 4. The summed E-state index contributed by atoms with van der Waals surface area (Å²) < 4.78 is 5.36. The van der Waals surface area contributed by atoms with Crippen LogP contribution in [0.2, 0.25) is 0 Å². The van der Waals surface area contributed by atoms with Gasteiger partial charge in [0.2, 0.25) is 11.8 Å². The topological polar surface area (TPSA) is 169 Å². The highest BCUT2D eigenvalue weighted by Gasteiger charge is 2.38. The van der Waals surface area contributed by atoms with Crippen molar-refractivity contribution in [3.05, 3.63) is 35.9 Å². The highest BCUT2D eigenvalue weighted by molar-refractivity contribution is 5.92. The first kappa shape index (κ1) is 28.6. The van der Waals surface area contributed by atoms with Gasteiger partial charge in [-0.15, -0.1) is 0 Å². The highest BCUT2D eigenvalue weighted by Crippen LogP contribution is 2.20. The van der Waals surface area contributed by atoms with Crippen molar-refractivity contribution in [1.29, 1.82) is 0 Å². The molecule has 11 nitrogen and oxygen atoms in total. The number of aliphatic imine (C=N–C) groups is 1. The molecule has 3 atom stereocenters. The summed E-state index contributed by atoms with van der Waals surface area (Å²) in [6.07, 6.45) is 2.16. The molecule has 3 unspecified atom stereocenters. The summed E-state index contributed by atoms with van der Waals surface area (Å²) in [6.45, 7) is 5.93. The number of benzene rings is 1. The molecule has 0 aromatic heterocycles. The Labute approximate surface area is 212 Å². The molecule has 0 radical (unpaired) electrons. The van der Waals surface area contributed by atoms with Crippen LogP contribution >= 0.6 is 0 Å². The number of alkyl carbamates (subject to hydrolysis) is 1. The van der Waals surface area contributed by atoms with Crippen LogP contribution in [0.3, 0.4) is 0 Å². The van der Waals surface area contributed by atoms with E-state index in [4.69, 9.17) is 16.2 Å². The molecule has 11 heteroatoms. The van der Waals surface area contributed by atoms with Gasteiger partial charge in [-0.3, -0.25) is 14.6 Å². The fraction of sp³-hybridized carbons (Fsp3) is 0.560. The fourth-order valence-corrected chi connectivity index (χ4v) is 3.98. The molecule has 0 aliphatic carbocycles. The lowest BCUT2D eigenvalue weighted by Gasteiger charge is -2.30. The molecule has 36 heavy (non-hydrogen) atoms. The first-order valence-electron chi connectivity index (χ1n) is 12.1. The van der Waals surface area contributed by atoms with Crippen molar-refractivity contribution in [2.45, 2.75) is 76.6 Å². The zero-order chi connectivity index (χ0) is 26.7. The molecular formula is C25H38N6O5. The molecule has 1 aromatic rings. The Balaban J connectivity index is 2.10. The van der Waals surface area contributed by atoms with Crippen molar-refractivity contribution >= 4 is 30.2 Å². The van der Waals surface area contributed by atoms with Crippen molar-refractivity contribution in [2.75, 3.05) is 13.1 Å². The van der Waals surface area contributed by atoms with E-state index in [0.29, 0.717) is 45.1 Å². The maximum Gasteiger partial charge on any atom is 0.408 e. The summed E-state index contributed by atoms with van der Waals surface area (Å²) in [7, 11) is 0. The van der Waals surface area contributed by atoms with E-state index in [9.17, 15) is 19.2 Å². The summed E-state index contributed by atoms with van der Waals surface area (Å²) >= 11 is 0. The Morgan fingerprint density at radius 2 is 1.89 bits per heavy atom. The van der Waals surface area contributed by atoms with E-state index < -0.39 is 35.7 Å². The Hall–Kier alpha value is -3.63. The SMILES string of the molecule is CC(C)(C)OC(=O)NC(Cc1ccccc1)C(=O)N1CCCC1C(=O)NC(C=O)CCCN=C(N)N. The summed E-state index contributed by atoms with van der Waals surface area (Å²) in [6, 6.07) is 6.91. The molecular weight excluding hydrogens is 464 g/mol. The van der Waals surface area contributed by atoms with Gasteiger partial charge in [0.15, 0.2) is 5.96 Å². The number of nitrogens with one attached hydrogen (secondary N) is 2. The standard InChI is InChI=1S/C25H38N6O5/c1-25(2,3)36-24(35)30-19(15-17-9-5-4-6-10-17)22(34)31-14-8-12-20(31)21(33)29-18(16-32)11-7-13-28-23(26)27/h4-6,9-10,16,18-20H,7-8,11-15H2,1-3H3,(H,29,33)(H,30,35)(H4,26,27,28). The Bertz CT molecular complexity index is 927. The van der Waals surface area contributed by atoms with E-state index in [1.165, 1.54) is 4.90 Å². The Morgan fingerprint density at radius 1 is 1.19 bits per heavy atom. The molecule has 0 bridgehead atoms. The number of likely N-dealkylation sites (tertiary alicyclic amines) is 1. The molecule has 2 rings (SSSR count). The van der Waals surface area contributed by atoms with E-state index in [-0.39, 0.29) is 18.3 Å². The van der Waals surface area contributed by atoms with Crippen LogP contribution in [-0.4, -0.2) is 71.9 Å². The lowest BCUT2D eigenvalue weighted by Crippen LogP contribution is -2.55. The summed E-state index contributed by atoms with van der Waals surface area (Å²) in [5.41, 5.74) is 10.7. The monoisotopic (exact) mass is 502 g/mol. The quantitative estimate of drug-likeness (QED) is 0.150. The predicted molar refractivity (Wildman–Crippen MR) is 136 cm³/mol. The third-order valence-corrected chi connectivity index (χ3v) is 5.57. The van der Waals surface area contributed by atoms with Crippen LogP contribution in [0.1, 0.15) is 52.0 Å². The third kappa shape index (κ3) is 9.55. The molecule has 198 valence electrons. The molecule has 3 amide bonds. The number of amides is 3. The molecule has 1 saturated heterocycles. The minimum atomic E-state index is -0.919. The van der Waals surface area contributed by atoms with Crippen LogP contribution in [0.25, 0.3) is 0 Å². The van der Waals surface area contributed by atoms with Gasteiger partial charge in [-0.2, -0.15) is 0 Å². The van der Waals surface area contributed by atoms with Gasteiger partial charge < -0.3 is 36.5 Å². The molecule has 1 aliphatic heterocycles. The molecule has 0 spiro atoms. The van der Waals surface area contributed by atoms with E-state index in [1.807, 2.05) is 30.3 Å². The maximum absolute atomic E-state index is 13.6. The van der Waals surface area contributed by atoms with Gasteiger partial charge >= 0.3 is 6.09 Å². The van der Waals surface area contributed by atoms with Crippen LogP contribution in [0.5, 0.6) is 0 Å². The lowest BCUT2D eigenvalue weighted by atomic mass is 10.0. The predicted octanol–water partition coefficient (Wildman–Crippen LogP) is 0.851. The van der Waals surface area contributed by atoms with Gasteiger partial charge in [-0.05, 0) is 52.0 Å². The number of nitrogens with two attached hydrogens (primary N) is 2. The number of hydrogen-bond donors (Lipinski definition) is 4. The minimum Gasteiger partial charge on any atom is -0.444 e. The van der Waals surface area contributed by atoms with Crippen molar-refractivity contribution in [2.24, 2.45) is 16.5 Å². The van der Waals surface area contributed by atoms with E-state index in [0.717, 1.165) is 5.56 Å². The number of hydrogen-bond acceptors (Lipinski definition) is 6. The fourth-order valence-electron chi connectivity index (χ4n) is 3.98. The summed E-state index contributed by atoms with van der Waals surface area (Å²) in [5, 5.41) is 5.40. The first-order chi connectivity index (χ1) is 17.0. The van der Waals surface area contributed by atoms with E-state index in [1.54, 1.807) is 20.8 Å². The molecule has 6 N–H and O–H groups in total. The minimum absolute atomic E-state index is 0.0353. The van der Waals surface area contributed by atoms with E-state index >= 15 is 0 Å². The average Bonchev–Trinajstić information content (AvgIpc) is 3.29. The molecule has 1 fully saturated rings. The van der Waals surface area contributed by atoms with E-state index in [2.05, 4.69) is 15.6 Å². The van der Waals surface area contributed by atoms with Crippen LogP contribution in [0.4, 0.5) is 4.79 Å². The highest BCUT2D eigenvalue weighted by atomic mass is 16.6. The Morgan fingerprint density at radius 3 is 2.50 bits per heavy atom. The van der Waals surface area contributed by atoms with Crippen molar-refractivity contribution in [1.82, 2.24) is 15.5 Å². The van der Waals surface area contributed by atoms with Crippen molar-refractivity contribution in [3.63, 3.8) is 0 Å². The largest absolute Gasteiger partial charge is 0.444 e. The lowest BCUT2D eigenvalue weighted by molar-refractivity contribution is -0.140. The molecule has 1 heterocycles. The normalized spacial score (nSPS) is 17.0. The van der Waals surface area contributed by atoms with Gasteiger partial charge in [0.05, 0.1) is 6.04 Å². The third-order valence-electron chi connectivity index (χ3n) is 5.57. The van der Waals surface area contributed by atoms with Gasteiger partial charge in [-0.1, -0.05) is 30.3 Å². The summed E-state index contributed by atoms with van der Waals surface area (Å²) in [4.78, 5) is 55.9. The second-order valence-corrected chi connectivity index (χ2v) is 9.78. The molecule has 1 aliphatic rings. The van der Waals surface area contributed by atoms with Crippen molar-refractivity contribution in [3.8, 4) is 0 Å². The average molecular weight is 503 g/mol. The van der Waals surface area contributed by atoms with Gasteiger partial charge in [0, 0.05) is 19.5 Å². The Kier molecular flexibility index (Phi) is 10.7. The smallest absolute Gasteiger partial charge is 0.408 e. The van der Waals surface area contributed by atoms with Crippen LogP contribution in [0, 0.1) is 0 Å². The number of guanidine groups is 1. The van der Waals surface area contributed by atoms with Gasteiger partial charge in [0.25, 0.3) is 0 Å². The zero-order valence-electron chi connectivity index (χ0n) is 21.2.